The van der Waals surface area contributed by atoms with Crippen LogP contribution in [-0.2, 0) is 0 Å². The lowest BCUT2D eigenvalue weighted by Crippen LogP contribution is -1.95. The van der Waals surface area contributed by atoms with Crippen LogP contribution in [0.15, 0.2) is 102 Å². The second-order valence-corrected chi connectivity index (χ2v) is 7.49. The van der Waals surface area contributed by atoms with E-state index in [0.29, 0.717) is 5.82 Å². The molecule has 0 amide bonds. The lowest BCUT2D eigenvalue weighted by Gasteiger charge is -2.09. The van der Waals surface area contributed by atoms with Crippen molar-refractivity contribution in [2.24, 2.45) is 0 Å². The van der Waals surface area contributed by atoms with Gasteiger partial charge in [-0.2, -0.15) is 0 Å². The molecule has 3 nitrogen and oxygen atoms in total. The van der Waals surface area contributed by atoms with E-state index < -0.39 is 0 Å². The first-order valence-corrected chi connectivity index (χ1v) is 10.6. The number of aromatic nitrogens is 2. The fourth-order valence-corrected chi connectivity index (χ4v) is 3.85. The summed E-state index contributed by atoms with van der Waals surface area (Å²) in [5, 5.41) is 1.04. The second kappa shape index (κ2) is 8.48. The van der Waals surface area contributed by atoms with E-state index in [1.807, 2.05) is 79.7 Å². The minimum atomic E-state index is 0.703. The molecule has 0 radical (unpaired) electrons. The van der Waals surface area contributed by atoms with Gasteiger partial charge in [0.25, 0.3) is 0 Å². The van der Waals surface area contributed by atoms with Gasteiger partial charge in [0.2, 0.25) is 0 Å². The Labute approximate surface area is 187 Å². The van der Waals surface area contributed by atoms with Crippen LogP contribution in [0, 0.1) is 0 Å². The highest BCUT2D eigenvalue weighted by molar-refractivity contribution is 5.93. The Morgan fingerprint density at radius 2 is 1.41 bits per heavy atom. The number of nitrogens with zero attached hydrogens (tertiary/aromatic N) is 2. The fourth-order valence-electron chi connectivity index (χ4n) is 3.85. The van der Waals surface area contributed by atoms with Gasteiger partial charge >= 0.3 is 0 Å². The van der Waals surface area contributed by atoms with Gasteiger partial charge in [0.05, 0.1) is 11.4 Å². The van der Waals surface area contributed by atoms with Crippen LogP contribution in [0.5, 0.6) is 0 Å². The second-order valence-electron chi connectivity index (χ2n) is 7.49. The zero-order chi connectivity index (χ0) is 21.9. The summed E-state index contributed by atoms with van der Waals surface area (Å²) in [7, 11) is 0. The molecule has 0 fully saturated rings. The molecule has 5 rings (SSSR count). The molecular formula is C29H22N2O. The normalized spacial score (nSPS) is 11.3. The van der Waals surface area contributed by atoms with Gasteiger partial charge in [-0.05, 0) is 37.3 Å². The van der Waals surface area contributed by atoms with Crippen LogP contribution in [0.1, 0.15) is 18.2 Å². The Bertz CT molecular complexity index is 1370. The van der Waals surface area contributed by atoms with E-state index in [4.69, 9.17) is 14.4 Å². The largest absolute Gasteiger partial charge is 0.456 e. The van der Waals surface area contributed by atoms with Gasteiger partial charge in [-0.25, -0.2) is 9.97 Å². The standard InChI is InChI=1S/C29H22N2O/c1-3-11-23-24-18-22(16-17-28(24)32-27(23)4-2)26-19-25(20-12-7-5-8-13-20)30-29(31-26)21-14-9-6-10-15-21/h3-19H,2H2,1H3/b11-3-. The molecule has 0 aliphatic rings. The van der Waals surface area contributed by atoms with E-state index in [0.717, 1.165) is 50.4 Å². The van der Waals surface area contributed by atoms with Crippen molar-refractivity contribution in [3.63, 3.8) is 0 Å². The Kier molecular flexibility index (Phi) is 5.22. The van der Waals surface area contributed by atoms with E-state index in [1.54, 1.807) is 6.08 Å². The highest BCUT2D eigenvalue weighted by Gasteiger charge is 2.14. The fraction of sp³-hybridized carbons (Fsp3) is 0.0345. The van der Waals surface area contributed by atoms with Crippen molar-refractivity contribution in [3.05, 3.63) is 109 Å². The molecule has 2 aromatic heterocycles. The first-order valence-electron chi connectivity index (χ1n) is 10.6. The number of benzene rings is 3. The molecular weight excluding hydrogens is 392 g/mol. The molecule has 0 atom stereocenters. The number of fused-ring (bicyclic) bond motifs is 1. The van der Waals surface area contributed by atoms with Crippen LogP contribution in [0.3, 0.4) is 0 Å². The minimum Gasteiger partial charge on any atom is -0.456 e. The van der Waals surface area contributed by atoms with Gasteiger partial charge in [-0.15, -0.1) is 0 Å². The van der Waals surface area contributed by atoms with Gasteiger partial charge in [0.15, 0.2) is 5.82 Å². The molecule has 0 unspecified atom stereocenters. The van der Waals surface area contributed by atoms with Crippen LogP contribution in [-0.4, -0.2) is 9.97 Å². The first-order chi connectivity index (χ1) is 15.8. The molecule has 5 aromatic rings. The predicted molar refractivity (Wildman–Crippen MR) is 133 cm³/mol. The van der Waals surface area contributed by atoms with Crippen LogP contribution >= 0.6 is 0 Å². The van der Waals surface area contributed by atoms with Crippen molar-refractivity contribution in [2.75, 3.05) is 0 Å². The summed E-state index contributed by atoms with van der Waals surface area (Å²) in [6.07, 6.45) is 5.81. The lowest BCUT2D eigenvalue weighted by molar-refractivity contribution is 0.603. The van der Waals surface area contributed by atoms with Crippen LogP contribution < -0.4 is 0 Å². The Hall–Kier alpha value is -4.24. The molecule has 3 heteroatoms. The third-order valence-corrected chi connectivity index (χ3v) is 5.40. The van der Waals surface area contributed by atoms with E-state index >= 15 is 0 Å². The average molecular weight is 415 g/mol. The summed E-state index contributed by atoms with van der Waals surface area (Å²) in [5.41, 5.74) is 6.67. The number of furan rings is 1. The SMILES string of the molecule is C=Cc1oc2ccc(-c3cc(-c4ccccc4)nc(-c4ccccc4)n3)cc2c1/C=C\C. The molecule has 0 N–H and O–H groups in total. The number of rotatable bonds is 5. The molecule has 0 saturated carbocycles. The third-order valence-electron chi connectivity index (χ3n) is 5.40. The van der Waals surface area contributed by atoms with Crippen molar-refractivity contribution >= 4 is 23.1 Å². The van der Waals surface area contributed by atoms with E-state index in [2.05, 4.69) is 30.9 Å². The molecule has 0 bridgehead atoms. The molecule has 154 valence electrons. The minimum absolute atomic E-state index is 0.703. The van der Waals surface area contributed by atoms with Crippen LogP contribution in [0.4, 0.5) is 0 Å². The Morgan fingerprint density at radius 1 is 0.750 bits per heavy atom. The quantitative estimate of drug-likeness (QED) is 0.293. The molecule has 0 spiro atoms. The van der Waals surface area contributed by atoms with Crippen molar-refractivity contribution in [1.82, 2.24) is 9.97 Å². The van der Waals surface area contributed by atoms with E-state index in [9.17, 15) is 0 Å². The van der Waals surface area contributed by atoms with E-state index in [1.165, 1.54) is 0 Å². The molecule has 32 heavy (non-hydrogen) atoms. The summed E-state index contributed by atoms with van der Waals surface area (Å²) in [5.74, 6) is 1.47. The lowest BCUT2D eigenvalue weighted by atomic mass is 10.0. The predicted octanol–water partition coefficient (Wildman–Crippen LogP) is 7.90. The number of allylic oxidation sites excluding steroid dienone is 1. The summed E-state index contributed by atoms with van der Waals surface area (Å²) in [6.45, 7) is 5.89. The van der Waals surface area contributed by atoms with Crippen LogP contribution in [0.25, 0.3) is 57.0 Å². The molecule has 3 aromatic carbocycles. The zero-order valence-corrected chi connectivity index (χ0v) is 17.8. The smallest absolute Gasteiger partial charge is 0.160 e. The van der Waals surface area contributed by atoms with Gasteiger partial charge in [0, 0.05) is 27.6 Å². The summed E-state index contributed by atoms with van der Waals surface area (Å²) >= 11 is 0. The van der Waals surface area contributed by atoms with Crippen LogP contribution in [0.2, 0.25) is 0 Å². The van der Waals surface area contributed by atoms with Gasteiger partial charge in [-0.3, -0.25) is 0 Å². The number of hydrogen-bond acceptors (Lipinski definition) is 3. The van der Waals surface area contributed by atoms with Crippen molar-refractivity contribution in [2.45, 2.75) is 6.92 Å². The molecule has 0 aliphatic heterocycles. The maximum absolute atomic E-state index is 5.98. The maximum atomic E-state index is 5.98. The summed E-state index contributed by atoms with van der Waals surface area (Å²) < 4.78 is 5.98. The van der Waals surface area contributed by atoms with Crippen molar-refractivity contribution < 1.29 is 4.42 Å². The molecule has 2 heterocycles. The van der Waals surface area contributed by atoms with Gasteiger partial charge in [-0.1, -0.05) is 79.4 Å². The first kappa shape index (κ1) is 19.7. The topological polar surface area (TPSA) is 38.9 Å². The Morgan fingerprint density at radius 3 is 2.06 bits per heavy atom. The number of hydrogen-bond donors (Lipinski definition) is 0. The highest BCUT2D eigenvalue weighted by Crippen LogP contribution is 2.33. The maximum Gasteiger partial charge on any atom is 0.160 e. The third kappa shape index (κ3) is 3.65. The summed E-state index contributed by atoms with van der Waals surface area (Å²) in [4.78, 5) is 9.80. The van der Waals surface area contributed by atoms with Crippen molar-refractivity contribution in [1.29, 1.82) is 0 Å². The van der Waals surface area contributed by atoms with Gasteiger partial charge in [0.1, 0.15) is 11.3 Å². The van der Waals surface area contributed by atoms with Gasteiger partial charge < -0.3 is 4.42 Å². The highest BCUT2D eigenvalue weighted by atomic mass is 16.3. The van der Waals surface area contributed by atoms with Crippen molar-refractivity contribution in [3.8, 4) is 33.9 Å². The van der Waals surface area contributed by atoms with E-state index in [-0.39, 0.29) is 0 Å². The summed E-state index contributed by atoms with van der Waals surface area (Å²) in [6, 6.07) is 28.5. The Balaban J connectivity index is 1.73. The average Bonchev–Trinajstić information content (AvgIpc) is 3.22. The monoisotopic (exact) mass is 414 g/mol. The molecule has 0 aliphatic carbocycles. The zero-order valence-electron chi connectivity index (χ0n) is 17.8. The molecule has 0 saturated heterocycles.